The van der Waals surface area contributed by atoms with Gasteiger partial charge in [-0.05, 0) is 43.6 Å². The fourth-order valence-corrected chi connectivity index (χ4v) is 4.74. The highest BCUT2D eigenvalue weighted by Gasteiger charge is 2.34. The molecule has 0 aromatic heterocycles. The Morgan fingerprint density at radius 3 is 2.22 bits per heavy atom. The fourth-order valence-electron chi connectivity index (χ4n) is 4.74. The van der Waals surface area contributed by atoms with Gasteiger partial charge in [-0.1, -0.05) is 33.6 Å². The minimum absolute atomic E-state index is 0. The number of piperazine rings is 1. The highest BCUT2D eigenvalue weighted by molar-refractivity contribution is 14.0. The summed E-state index contributed by atoms with van der Waals surface area (Å²) >= 11 is 0. The van der Waals surface area contributed by atoms with E-state index in [1.54, 1.807) is 0 Å². The number of guanidine groups is 1. The zero-order chi connectivity index (χ0) is 19.0. The maximum Gasteiger partial charge on any atom is 0.191 e. The molecule has 2 aliphatic rings. The Kier molecular flexibility index (Phi) is 11.5. The van der Waals surface area contributed by atoms with Crippen LogP contribution in [0, 0.1) is 17.3 Å². The largest absolute Gasteiger partial charge is 0.356 e. The third-order valence-electron chi connectivity index (χ3n) is 6.14. The van der Waals surface area contributed by atoms with Crippen LogP contribution in [-0.2, 0) is 0 Å². The number of nitrogens with zero attached hydrogens (tertiary/aromatic N) is 3. The monoisotopic (exact) mass is 493 g/mol. The van der Waals surface area contributed by atoms with E-state index in [9.17, 15) is 0 Å². The van der Waals surface area contributed by atoms with Crippen molar-refractivity contribution in [3.05, 3.63) is 0 Å². The Hall–Kier alpha value is -0.0800. The van der Waals surface area contributed by atoms with Gasteiger partial charge >= 0.3 is 0 Å². The summed E-state index contributed by atoms with van der Waals surface area (Å²) in [5.41, 5.74) is 0.483. The van der Waals surface area contributed by atoms with Crippen molar-refractivity contribution < 1.29 is 0 Å². The second kappa shape index (κ2) is 12.5. The van der Waals surface area contributed by atoms with Gasteiger partial charge in [-0.3, -0.25) is 4.99 Å². The van der Waals surface area contributed by atoms with E-state index in [2.05, 4.69) is 53.2 Å². The van der Waals surface area contributed by atoms with Crippen molar-refractivity contribution in [1.82, 2.24) is 20.4 Å². The molecule has 1 saturated heterocycles. The second-order valence-electron chi connectivity index (χ2n) is 9.32. The van der Waals surface area contributed by atoms with E-state index in [0.717, 1.165) is 25.0 Å². The van der Waals surface area contributed by atoms with Crippen molar-refractivity contribution in [3.63, 3.8) is 0 Å². The van der Waals surface area contributed by atoms with E-state index in [1.807, 2.05) is 7.05 Å². The molecule has 0 radical (unpaired) electrons. The topological polar surface area (TPSA) is 42.9 Å². The fraction of sp³-hybridized carbons (Fsp3) is 0.952. The summed E-state index contributed by atoms with van der Waals surface area (Å²) < 4.78 is 0. The molecule has 6 heteroatoms. The zero-order valence-electron chi connectivity index (χ0n) is 18.4. The summed E-state index contributed by atoms with van der Waals surface area (Å²) in [7, 11) is 4.11. The van der Waals surface area contributed by atoms with E-state index in [0.29, 0.717) is 11.3 Å². The molecule has 1 heterocycles. The molecule has 0 aromatic rings. The SMILES string of the molecule is CN=C(NCC(C)CN1CCN(C)CC1)NCC1(CC(C)C)CCCC1.I. The molecule has 2 fully saturated rings. The van der Waals surface area contributed by atoms with Crippen molar-refractivity contribution in [2.45, 2.75) is 52.9 Å². The highest BCUT2D eigenvalue weighted by Crippen LogP contribution is 2.42. The minimum atomic E-state index is 0. The van der Waals surface area contributed by atoms with Crippen LogP contribution in [0.3, 0.4) is 0 Å². The third-order valence-corrected chi connectivity index (χ3v) is 6.14. The average molecular weight is 494 g/mol. The average Bonchev–Trinajstić information content (AvgIpc) is 3.05. The van der Waals surface area contributed by atoms with Crippen molar-refractivity contribution in [2.24, 2.45) is 22.2 Å². The number of aliphatic imine (C=N–C) groups is 1. The van der Waals surface area contributed by atoms with Crippen LogP contribution >= 0.6 is 24.0 Å². The number of hydrogen-bond donors (Lipinski definition) is 2. The van der Waals surface area contributed by atoms with Crippen LogP contribution in [0.5, 0.6) is 0 Å². The van der Waals surface area contributed by atoms with Gasteiger partial charge in [0.05, 0.1) is 0 Å². The first-order valence-electron chi connectivity index (χ1n) is 10.8. The number of nitrogens with one attached hydrogen (secondary N) is 2. The lowest BCUT2D eigenvalue weighted by atomic mass is 9.78. The van der Waals surface area contributed by atoms with Crippen LogP contribution in [0.1, 0.15) is 52.9 Å². The number of halogens is 1. The first-order chi connectivity index (χ1) is 12.4. The minimum Gasteiger partial charge on any atom is -0.356 e. The molecule has 5 nitrogen and oxygen atoms in total. The first kappa shape index (κ1) is 25.0. The summed E-state index contributed by atoms with van der Waals surface area (Å²) in [6.07, 6.45) is 6.85. The van der Waals surface area contributed by atoms with Gasteiger partial charge < -0.3 is 20.4 Å². The molecule has 0 spiro atoms. The second-order valence-corrected chi connectivity index (χ2v) is 9.32. The van der Waals surface area contributed by atoms with E-state index in [1.165, 1.54) is 64.8 Å². The van der Waals surface area contributed by atoms with Crippen LogP contribution in [-0.4, -0.2) is 75.7 Å². The predicted octanol–water partition coefficient (Wildman–Crippen LogP) is 3.26. The number of hydrogen-bond acceptors (Lipinski definition) is 3. The normalized spacial score (nSPS) is 22.5. The predicted molar refractivity (Wildman–Crippen MR) is 128 cm³/mol. The molecule has 1 unspecified atom stereocenters. The highest BCUT2D eigenvalue weighted by atomic mass is 127. The van der Waals surface area contributed by atoms with Gasteiger partial charge in [-0.15, -0.1) is 24.0 Å². The molecule has 2 N–H and O–H groups in total. The van der Waals surface area contributed by atoms with Gasteiger partial charge in [0.15, 0.2) is 5.96 Å². The Morgan fingerprint density at radius 1 is 1.04 bits per heavy atom. The lowest BCUT2D eigenvalue weighted by Crippen LogP contribution is -2.48. The maximum absolute atomic E-state index is 4.46. The molecule has 0 amide bonds. The Balaban J connectivity index is 0.00000364. The molecule has 1 aliphatic heterocycles. The zero-order valence-corrected chi connectivity index (χ0v) is 20.7. The van der Waals surface area contributed by atoms with Crippen LogP contribution in [0.15, 0.2) is 4.99 Å². The summed E-state index contributed by atoms with van der Waals surface area (Å²) in [6, 6.07) is 0. The van der Waals surface area contributed by atoms with Crippen LogP contribution in [0.4, 0.5) is 0 Å². The van der Waals surface area contributed by atoms with E-state index < -0.39 is 0 Å². The van der Waals surface area contributed by atoms with Gasteiger partial charge in [0.1, 0.15) is 0 Å². The summed E-state index contributed by atoms with van der Waals surface area (Å²) in [6.45, 7) is 15.1. The lowest BCUT2D eigenvalue weighted by Gasteiger charge is -2.34. The van der Waals surface area contributed by atoms with Crippen LogP contribution in [0.2, 0.25) is 0 Å². The molecule has 1 aliphatic carbocycles. The molecule has 0 aromatic carbocycles. The third kappa shape index (κ3) is 8.86. The molecule has 1 atom stereocenters. The Labute approximate surface area is 185 Å². The van der Waals surface area contributed by atoms with Gasteiger partial charge in [-0.25, -0.2) is 0 Å². The molecule has 2 rings (SSSR count). The quantitative estimate of drug-likeness (QED) is 0.310. The smallest absolute Gasteiger partial charge is 0.191 e. The number of rotatable bonds is 8. The summed E-state index contributed by atoms with van der Waals surface area (Å²) in [5, 5.41) is 7.20. The Bertz CT molecular complexity index is 426. The molecule has 1 saturated carbocycles. The molecule has 27 heavy (non-hydrogen) atoms. The number of likely N-dealkylation sites (N-methyl/N-ethyl adjacent to an activating group) is 1. The van der Waals surface area contributed by atoms with E-state index >= 15 is 0 Å². The first-order valence-corrected chi connectivity index (χ1v) is 10.8. The van der Waals surface area contributed by atoms with Gasteiger partial charge in [0.25, 0.3) is 0 Å². The van der Waals surface area contributed by atoms with Gasteiger partial charge in [0.2, 0.25) is 0 Å². The van der Waals surface area contributed by atoms with Crippen molar-refractivity contribution in [2.75, 3.05) is 59.9 Å². The maximum atomic E-state index is 4.46. The van der Waals surface area contributed by atoms with Crippen LogP contribution in [0.25, 0.3) is 0 Å². The van der Waals surface area contributed by atoms with Gasteiger partial charge in [-0.2, -0.15) is 0 Å². The van der Waals surface area contributed by atoms with Crippen molar-refractivity contribution in [1.29, 1.82) is 0 Å². The van der Waals surface area contributed by atoms with Crippen LogP contribution < -0.4 is 10.6 Å². The van der Waals surface area contributed by atoms with Crippen molar-refractivity contribution in [3.8, 4) is 0 Å². The Morgan fingerprint density at radius 2 is 1.67 bits per heavy atom. The lowest BCUT2D eigenvalue weighted by molar-refractivity contribution is 0.139. The standard InChI is InChI=1S/C21H43N5.HI/c1-18(2)14-21(8-6-7-9-21)17-24-20(22-4)23-15-19(3)16-26-12-10-25(5)11-13-26;/h18-19H,6-17H2,1-5H3,(H2,22,23,24);1H. The van der Waals surface area contributed by atoms with E-state index in [-0.39, 0.29) is 24.0 Å². The molecule has 160 valence electrons. The van der Waals surface area contributed by atoms with Crippen molar-refractivity contribution >= 4 is 29.9 Å². The van der Waals surface area contributed by atoms with E-state index in [4.69, 9.17) is 0 Å². The molecule has 0 bridgehead atoms. The van der Waals surface area contributed by atoms with Gasteiger partial charge in [0, 0.05) is 52.9 Å². The molecular formula is C21H44IN5. The molecular weight excluding hydrogens is 449 g/mol. The summed E-state index contributed by atoms with van der Waals surface area (Å²) in [5.74, 6) is 2.38. The summed E-state index contributed by atoms with van der Waals surface area (Å²) in [4.78, 5) is 9.48.